The second-order valence-electron chi connectivity index (χ2n) is 2.77. The molecule has 0 spiro atoms. The van der Waals surface area contributed by atoms with Gasteiger partial charge in [-0.3, -0.25) is 4.90 Å². The Bertz CT molecular complexity index is 243. The Balaban J connectivity index is 2.40. The Morgan fingerprint density at radius 3 is 3.00 bits per heavy atom. The Labute approximate surface area is 88.6 Å². The van der Waals surface area contributed by atoms with E-state index in [0.29, 0.717) is 0 Å². The molecule has 1 nitrogen and oxygen atoms in total. The van der Waals surface area contributed by atoms with E-state index >= 15 is 0 Å². The van der Waals surface area contributed by atoms with Gasteiger partial charge in [-0.05, 0) is 18.0 Å². The summed E-state index contributed by atoms with van der Waals surface area (Å²) in [5.41, 5.74) is 1.58. The minimum absolute atomic E-state index is 0.928. The van der Waals surface area contributed by atoms with Crippen LogP contribution in [0.1, 0.15) is 11.8 Å². The van der Waals surface area contributed by atoms with E-state index in [9.17, 15) is 0 Å². The van der Waals surface area contributed by atoms with Crippen molar-refractivity contribution in [3.63, 3.8) is 0 Å². The van der Waals surface area contributed by atoms with Crippen LogP contribution >= 0.6 is 22.9 Å². The van der Waals surface area contributed by atoms with Gasteiger partial charge in [0, 0.05) is 23.5 Å². The molecule has 1 heterocycles. The second-order valence-corrected chi connectivity index (χ2v) is 4.05. The van der Waals surface area contributed by atoms with Gasteiger partial charge in [0.05, 0.1) is 0 Å². The number of thiophene rings is 1. The molecular formula is C10H14ClNS. The van der Waals surface area contributed by atoms with Crippen LogP contribution in [0.4, 0.5) is 0 Å². The summed E-state index contributed by atoms with van der Waals surface area (Å²) in [6, 6.07) is 4.25. The Hall–Kier alpha value is -0.310. The van der Waals surface area contributed by atoms with E-state index in [1.165, 1.54) is 4.88 Å². The van der Waals surface area contributed by atoms with Gasteiger partial charge in [-0.15, -0.1) is 11.3 Å². The van der Waals surface area contributed by atoms with Gasteiger partial charge in [-0.2, -0.15) is 0 Å². The molecule has 0 atom stereocenters. The van der Waals surface area contributed by atoms with Gasteiger partial charge in [0.2, 0.25) is 0 Å². The van der Waals surface area contributed by atoms with Crippen molar-refractivity contribution in [3.8, 4) is 0 Å². The lowest BCUT2D eigenvalue weighted by atomic mass is 10.4. The first-order valence-corrected chi connectivity index (χ1v) is 5.68. The van der Waals surface area contributed by atoms with Crippen LogP contribution in [-0.2, 0) is 6.54 Å². The maximum Gasteiger partial charge on any atom is 0.0331 e. The normalized spacial score (nSPS) is 11.6. The van der Waals surface area contributed by atoms with Gasteiger partial charge < -0.3 is 0 Å². The lowest BCUT2D eigenvalue weighted by Crippen LogP contribution is -2.22. The van der Waals surface area contributed by atoms with Crippen LogP contribution < -0.4 is 0 Å². The highest BCUT2D eigenvalue weighted by Crippen LogP contribution is 2.11. The van der Waals surface area contributed by atoms with Crippen LogP contribution in [0.25, 0.3) is 0 Å². The molecular weight excluding hydrogens is 202 g/mol. The van der Waals surface area contributed by atoms with Crippen molar-refractivity contribution in [3.05, 3.63) is 34.0 Å². The van der Waals surface area contributed by atoms with Crippen LogP contribution in [-0.4, -0.2) is 18.0 Å². The first kappa shape index (κ1) is 10.8. The molecule has 72 valence electrons. The standard InChI is InChI=1S/C10H14ClNS/c1-2-12(7-4-6-11)9-10-5-3-8-13-10/h3-6,8H,2,7,9H2,1H3/b6-4+. The van der Waals surface area contributed by atoms with Crippen molar-refractivity contribution in [2.45, 2.75) is 13.5 Å². The summed E-state index contributed by atoms with van der Waals surface area (Å²) in [6.45, 7) is 5.17. The number of nitrogens with zero attached hydrogens (tertiary/aromatic N) is 1. The molecule has 0 saturated carbocycles. The molecule has 1 aromatic heterocycles. The fraction of sp³-hybridized carbons (Fsp3) is 0.400. The average molecular weight is 216 g/mol. The minimum Gasteiger partial charge on any atom is -0.295 e. The molecule has 0 fully saturated rings. The highest BCUT2D eigenvalue weighted by molar-refractivity contribution is 7.09. The number of hydrogen-bond donors (Lipinski definition) is 0. The summed E-state index contributed by atoms with van der Waals surface area (Å²) < 4.78 is 0. The van der Waals surface area contributed by atoms with E-state index in [0.717, 1.165) is 19.6 Å². The fourth-order valence-corrected chi connectivity index (χ4v) is 1.94. The Kier molecular flexibility index (Phi) is 5.13. The number of halogens is 1. The minimum atomic E-state index is 0.928. The first-order chi connectivity index (χ1) is 6.36. The maximum absolute atomic E-state index is 5.48. The van der Waals surface area contributed by atoms with Gasteiger partial charge in [0.1, 0.15) is 0 Å². The van der Waals surface area contributed by atoms with Gasteiger partial charge in [-0.1, -0.05) is 30.7 Å². The molecule has 0 aromatic carbocycles. The van der Waals surface area contributed by atoms with E-state index in [-0.39, 0.29) is 0 Å². The molecule has 0 radical (unpaired) electrons. The zero-order valence-corrected chi connectivity index (χ0v) is 9.31. The topological polar surface area (TPSA) is 3.24 Å². The fourth-order valence-electron chi connectivity index (χ4n) is 1.12. The quantitative estimate of drug-likeness (QED) is 0.729. The average Bonchev–Trinajstić information content (AvgIpc) is 2.64. The third-order valence-electron chi connectivity index (χ3n) is 1.86. The Morgan fingerprint density at radius 1 is 1.62 bits per heavy atom. The van der Waals surface area contributed by atoms with E-state index < -0.39 is 0 Å². The number of rotatable bonds is 5. The summed E-state index contributed by atoms with van der Waals surface area (Å²) in [5.74, 6) is 0. The second kappa shape index (κ2) is 6.19. The molecule has 0 aliphatic rings. The van der Waals surface area contributed by atoms with E-state index in [1.807, 2.05) is 6.08 Å². The van der Waals surface area contributed by atoms with Crippen LogP contribution in [0.2, 0.25) is 0 Å². The summed E-state index contributed by atoms with van der Waals surface area (Å²) in [4.78, 5) is 3.75. The van der Waals surface area contributed by atoms with Crippen molar-refractivity contribution < 1.29 is 0 Å². The molecule has 1 aromatic rings. The van der Waals surface area contributed by atoms with E-state index in [1.54, 1.807) is 16.9 Å². The van der Waals surface area contributed by atoms with Crippen molar-refractivity contribution in [2.75, 3.05) is 13.1 Å². The predicted octanol–water partition coefficient (Wildman–Crippen LogP) is 3.32. The summed E-state index contributed by atoms with van der Waals surface area (Å²) in [6.07, 6.45) is 1.97. The molecule has 0 saturated heterocycles. The van der Waals surface area contributed by atoms with Crippen LogP contribution in [0, 0.1) is 0 Å². The van der Waals surface area contributed by atoms with Crippen molar-refractivity contribution in [1.29, 1.82) is 0 Å². The Morgan fingerprint density at radius 2 is 2.46 bits per heavy atom. The van der Waals surface area contributed by atoms with Crippen LogP contribution in [0.3, 0.4) is 0 Å². The van der Waals surface area contributed by atoms with Crippen molar-refractivity contribution >= 4 is 22.9 Å². The molecule has 0 unspecified atom stereocenters. The molecule has 0 amide bonds. The van der Waals surface area contributed by atoms with Gasteiger partial charge >= 0.3 is 0 Å². The van der Waals surface area contributed by atoms with Crippen LogP contribution in [0.5, 0.6) is 0 Å². The monoisotopic (exact) mass is 215 g/mol. The van der Waals surface area contributed by atoms with Gasteiger partial charge in [-0.25, -0.2) is 0 Å². The summed E-state index contributed by atoms with van der Waals surface area (Å²) in [7, 11) is 0. The number of hydrogen-bond acceptors (Lipinski definition) is 2. The smallest absolute Gasteiger partial charge is 0.0331 e. The molecule has 3 heteroatoms. The molecule has 0 aliphatic carbocycles. The summed E-state index contributed by atoms with van der Waals surface area (Å²) in [5, 5.41) is 2.11. The van der Waals surface area contributed by atoms with Crippen LogP contribution in [0.15, 0.2) is 29.1 Å². The van der Waals surface area contributed by atoms with Crippen molar-refractivity contribution in [2.24, 2.45) is 0 Å². The molecule has 0 aliphatic heterocycles. The molecule has 13 heavy (non-hydrogen) atoms. The van der Waals surface area contributed by atoms with Crippen molar-refractivity contribution in [1.82, 2.24) is 4.90 Å². The van der Waals surface area contributed by atoms with Gasteiger partial charge in [0.25, 0.3) is 0 Å². The van der Waals surface area contributed by atoms with Gasteiger partial charge in [0.15, 0.2) is 0 Å². The third kappa shape index (κ3) is 3.94. The maximum atomic E-state index is 5.48. The highest BCUT2D eigenvalue weighted by atomic mass is 35.5. The molecule has 0 N–H and O–H groups in total. The number of likely N-dealkylation sites (N-methyl/N-ethyl adjacent to an activating group) is 1. The third-order valence-corrected chi connectivity index (χ3v) is 2.90. The lowest BCUT2D eigenvalue weighted by molar-refractivity contribution is 0.314. The molecule has 0 bridgehead atoms. The zero-order valence-electron chi connectivity index (χ0n) is 7.74. The highest BCUT2D eigenvalue weighted by Gasteiger charge is 2.01. The summed E-state index contributed by atoms with van der Waals surface area (Å²) >= 11 is 7.28. The van der Waals surface area contributed by atoms with E-state index in [2.05, 4.69) is 29.3 Å². The predicted molar refractivity (Wildman–Crippen MR) is 60.3 cm³/mol. The van der Waals surface area contributed by atoms with E-state index in [4.69, 9.17) is 11.6 Å². The SMILES string of the molecule is CCN(C/C=C/Cl)Cc1cccs1. The largest absolute Gasteiger partial charge is 0.295 e. The zero-order chi connectivity index (χ0) is 9.52. The molecule has 1 rings (SSSR count). The lowest BCUT2D eigenvalue weighted by Gasteiger charge is -2.16. The first-order valence-electron chi connectivity index (χ1n) is 4.36.